The van der Waals surface area contributed by atoms with Crippen LogP contribution in [0.2, 0.25) is 0 Å². The van der Waals surface area contributed by atoms with Crippen molar-refractivity contribution in [1.82, 2.24) is 5.32 Å². The highest BCUT2D eigenvalue weighted by molar-refractivity contribution is 7.92. The van der Waals surface area contributed by atoms with Gasteiger partial charge in [-0.2, -0.15) is 13.2 Å². The van der Waals surface area contributed by atoms with E-state index in [-0.39, 0.29) is 4.90 Å². The average Bonchev–Trinajstić information content (AvgIpc) is 2.64. The Morgan fingerprint density at radius 1 is 1.03 bits per heavy atom. The molecular formula is C18H17F4NO6S2. The Labute approximate surface area is 175 Å². The van der Waals surface area contributed by atoms with Gasteiger partial charge in [-0.15, -0.1) is 0 Å². The quantitative estimate of drug-likeness (QED) is 0.554. The lowest BCUT2D eigenvalue weighted by Gasteiger charge is -2.26. The van der Waals surface area contributed by atoms with E-state index in [4.69, 9.17) is 0 Å². The van der Waals surface area contributed by atoms with E-state index in [1.807, 2.05) is 0 Å². The van der Waals surface area contributed by atoms with Crippen LogP contribution in [0.4, 0.5) is 17.6 Å². The van der Waals surface area contributed by atoms with Gasteiger partial charge in [0.2, 0.25) is 0 Å². The van der Waals surface area contributed by atoms with E-state index in [1.54, 1.807) is 5.32 Å². The van der Waals surface area contributed by atoms with E-state index in [2.05, 4.69) is 0 Å². The monoisotopic (exact) mass is 483 g/mol. The minimum atomic E-state index is -5.02. The topological polar surface area (TPSA) is 118 Å². The molecule has 2 aromatic carbocycles. The van der Waals surface area contributed by atoms with Crippen molar-refractivity contribution in [2.45, 2.75) is 28.1 Å². The molecule has 0 aliphatic carbocycles. The molecule has 13 heteroatoms. The van der Waals surface area contributed by atoms with Gasteiger partial charge in [0.15, 0.2) is 19.7 Å². The third kappa shape index (κ3) is 6.48. The van der Waals surface area contributed by atoms with Gasteiger partial charge in [-0.1, -0.05) is 18.2 Å². The van der Waals surface area contributed by atoms with Crippen LogP contribution < -0.4 is 5.32 Å². The summed E-state index contributed by atoms with van der Waals surface area (Å²) in [5, 5.41) is 11.1. The van der Waals surface area contributed by atoms with Crippen LogP contribution in [0.3, 0.4) is 0 Å². The zero-order valence-electron chi connectivity index (χ0n) is 15.8. The predicted molar refractivity (Wildman–Crippen MR) is 101 cm³/mol. The second-order valence-electron chi connectivity index (χ2n) is 6.61. The highest BCUT2D eigenvalue weighted by atomic mass is 32.2. The summed E-state index contributed by atoms with van der Waals surface area (Å²) in [5.41, 5.74) is -0.517. The summed E-state index contributed by atoms with van der Waals surface area (Å²) in [5.74, 6) is -3.98. The van der Waals surface area contributed by atoms with Crippen LogP contribution >= 0.6 is 0 Å². The largest absolute Gasteiger partial charge is 0.480 e. The zero-order chi connectivity index (χ0) is 23.6. The maximum Gasteiger partial charge on any atom is 0.407 e. The molecule has 0 saturated carbocycles. The number of hydrogen-bond donors (Lipinski definition) is 2. The van der Waals surface area contributed by atoms with E-state index < -0.39 is 65.9 Å². The highest BCUT2D eigenvalue weighted by Crippen LogP contribution is 2.33. The van der Waals surface area contributed by atoms with Gasteiger partial charge in [0, 0.05) is 6.26 Å². The van der Waals surface area contributed by atoms with Crippen molar-refractivity contribution < 1.29 is 44.3 Å². The van der Waals surface area contributed by atoms with Gasteiger partial charge >= 0.3 is 12.1 Å². The molecule has 0 amide bonds. The van der Waals surface area contributed by atoms with E-state index in [0.29, 0.717) is 0 Å². The number of halogens is 4. The number of carbonyl (C=O) groups is 1. The first-order valence-corrected chi connectivity index (χ1v) is 12.0. The Bertz CT molecular complexity index is 1160. The van der Waals surface area contributed by atoms with Crippen molar-refractivity contribution in [3.05, 3.63) is 59.9 Å². The Morgan fingerprint density at radius 3 is 2.06 bits per heavy atom. The third-order valence-electron chi connectivity index (χ3n) is 4.18. The average molecular weight is 483 g/mol. The minimum Gasteiger partial charge on any atom is -0.480 e. The van der Waals surface area contributed by atoms with Crippen LogP contribution in [0.5, 0.6) is 0 Å². The first-order valence-electron chi connectivity index (χ1n) is 8.45. The van der Waals surface area contributed by atoms with Crippen LogP contribution in [-0.4, -0.2) is 52.1 Å². The Balaban J connectivity index is 2.39. The van der Waals surface area contributed by atoms with Gasteiger partial charge in [-0.05, 0) is 35.9 Å². The number of hydrogen-bond acceptors (Lipinski definition) is 6. The SMILES string of the molecule is CS(=O)(=O)c1cccc(S(=O)(=O)C[C@H](N[C@@H](c2ccc(F)cc2)C(F)(F)F)C(=O)O)c1. The molecule has 2 rings (SSSR count). The number of aliphatic carboxylic acids is 1. The Kier molecular flexibility index (Phi) is 7.13. The van der Waals surface area contributed by atoms with Crippen LogP contribution in [0.1, 0.15) is 11.6 Å². The summed E-state index contributed by atoms with van der Waals surface area (Å²) in [6, 6.07) is 2.33. The molecule has 0 radical (unpaired) electrons. The van der Waals surface area contributed by atoms with Gasteiger partial charge in [-0.3, -0.25) is 10.1 Å². The minimum absolute atomic E-state index is 0.354. The Hall–Kier alpha value is -2.51. The van der Waals surface area contributed by atoms with Gasteiger partial charge in [0.05, 0.1) is 15.5 Å². The van der Waals surface area contributed by atoms with Crippen LogP contribution in [0, 0.1) is 5.82 Å². The van der Waals surface area contributed by atoms with E-state index in [0.717, 1.165) is 54.8 Å². The lowest BCUT2D eigenvalue weighted by Crippen LogP contribution is -2.48. The predicted octanol–water partition coefficient (Wildman–Crippen LogP) is 2.35. The number of sulfone groups is 2. The molecule has 0 aromatic heterocycles. The Morgan fingerprint density at radius 2 is 1.58 bits per heavy atom. The molecule has 0 saturated heterocycles. The number of rotatable bonds is 8. The fraction of sp³-hybridized carbons (Fsp3) is 0.278. The second-order valence-corrected chi connectivity index (χ2v) is 10.7. The number of benzene rings is 2. The summed E-state index contributed by atoms with van der Waals surface area (Å²) in [7, 11) is -8.29. The van der Waals surface area contributed by atoms with Gasteiger partial charge < -0.3 is 5.11 Å². The molecule has 31 heavy (non-hydrogen) atoms. The van der Waals surface area contributed by atoms with Crippen LogP contribution in [-0.2, 0) is 24.5 Å². The number of carboxylic acid groups (broad SMARTS) is 1. The maximum atomic E-state index is 13.5. The van der Waals surface area contributed by atoms with Crippen molar-refractivity contribution in [3.8, 4) is 0 Å². The van der Waals surface area contributed by atoms with Gasteiger partial charge in [-0.25, -0.2) is 21.2 Å². The summed E-state index contributed by atoms with van der Waals surface area (Å²) < 4.78 is 102. The van der Waals surface area contributed by atoms with E-state index >= 15 is 0 Å². The molecule has 0 spiro atoms. The number of alkyl halides is 3. The fourth-order valence-corrected chi connectivity index (χ4v) is 4.84. The van der Waals surface area contributed by atoms with Crippen molar-refractivity contribution >= 4 is 25.6 Å². The van der Waals surface area contributed by atoms with Crippen molar-refractivity contribution in [2.24, 2.45) is 0 Å². The first kappa shape index (κ1) is 24.8. The summed E-state index contributed by atoms with van der Waals surface area (Å²) in [4.78, 5) is 10.6. The standard InChI is InChI=1S/C18H17F4NO6S2/c1-30(26,27)13-3-2-4-14(9-13)31(28,29)10-15(17(24)25)23-16(18(20,21)22)11-5-7-12(19)8-6-11/h2-9,15-16,23H,10H2,1H3,(H,24,25)/t15-,16-/m0/s1. The highest BCUT2D eigenvalue weighted by Gasteiger charge is 2.43. The second kappa shape index (κ2) is 8.93. The molecule has 0 unspecified atom stereocenters. The fourth-order valence-electron chi connectivity index (χ4n) is 2.64. The normalized spacial score (nSPS) is 14.7. The molecule has 2 N–H and O–H groups in total. The van der Waals surface area contributed by atoms with E-state index in [9.17, 15) is 44.3 Å². The summed E-state index contributed by atoms with van der Waals surface area (Å²) in [6.45, 7) is 0. The molecule has 7 nitrogen and oxygen atoms in total. The summed E-state index contributed by atoms with van der Waals surface area (Å²) in [6.07, 6.45) is -4.19. The van der Waals surface area contributed by atoms with Crippen molar-refractivity contribution in [1.29, 1.82) is 0 Å². The molecule has 0 bridgehead atoms. The lowest BCUT2D eigenvalue weighted by molar-refractivity contribution is -0.162. The van der Waals surface area contributed by atoms with E-state index in [1.165, 1.54) is 0 Å². The molecule has 0 aliphatic heterocycles. The third-order valence-corrected chi connectivity index (χ3v) is 7.03. The molecule has 2 aromatic rings. The van der Waals surface area contributed by atoms with Crippen LogP contribution in [0.25, 0.3) is 0 Å². The molecule has 0 heterocycles. The van der Waals surface area contributed by atoms with Crippen LogP contribution in [0.15, 0.2) is 58.3 Å². The molecular weight excluding hydrogens is 466 g/mol. The van der Waals surface area contributed by atoms with Crippen molar-refractivity contribution in [2.75, 3.05) is 12.0 Å². The van der Waals surface area contributed by atoms with Gasteiger partial charge in [0.25, 0.3) is 0 Å². The molecule has 2 atom stereocenters. The number of nitrogens with one attached hydrogen (secondary N) is 1. The van der Waals surface area contributed by atoms with Gasteiger partial charge in [0.1, 0.15) is 17.9 Å². The number of carboxylic acids is 1. The van der Waals surface area contributed by atoms with Crippen molar-refractivity contribution in [3.63, 3.8) is 0 Å². The molecule has 0 aliphatic rings. The lowest BCUT2D eigenvalue weighted by atomic mass is 10.1. The zero-order valence-corrected chi connectivity index (χ0v) is 17.4. The molecule has 170 valence electrons. The molecule has 0 fully saturated rings. The smallest absolute Gasteiger partial charge is 0.407 e. The summed E-state index contributed by atoms with van der Waals surface area (Å²) >= 11 is 0. The first-order chi connectivity index (χ1) is 14.1. The maximum absolute atomic E-state index is 13.5.